The fourth-order valence-electron chi connectivity index (χ4n) is 1.49. The monoisotopic (exact) mass is 215 g/mol. The van der Waals surface area contributed by atoms with Crippen LogP contribution < -0.4 is 5.73 Å². The highest BCUT2D eigenvalue weighted by molar-refractivity contribution is 6.42. The molecule has 1 saturated carbocycles. The maximum atomic E-state index is 6.05. The maximum absolute atomic E-state index is 6.05. The lowest BCUT2D eigenvalue weighted by molar-refractivity contribution is 0.634. The summed E-state index contributed by atoms with van der Waals surface area (Å²) < 4.78 is 0. The summed E-state index contributed by atoms with van der Waals surface area (Å²) in [6.07, 6.45) is 2.42. The van der Waals surface area contributed by atoms with Crippen molar-refractivity contribution in [3.05, 3.63) is 33.8 Å². The molecule has 0 saturated heterocycles. The van der Waals surface area contributed by atoms with Crippen molar-refractivity contribution < 1.29 is 0 Å². The average molecular weight is 216 g/mol. The van der Waals surface area contributed by atoms with E-state index in [9.17, 15) is 0 Å². The summed E-state index contributed by atoms with van der Waals surface area (Å²) in [4.78, 5) is 0. The lowest BCUT2D eigenvalue weighted by Gasteiger charge is -2.12. The lowest BCUT2D eigenvalue weighted by atomic mass is 10.0. The molecule has 1 fully saturated rings. The average Bonchev–Trinajstić information content (AvgIpc) is 2.91. The van der Waals surface area contributed by atoms with Gasteiger partial charge in [0, 0.05) is 6.04 Å². The fourth-order valence-corrected chi connectivity index (χ4v) is 1.92. The van der Waals surface area contributed by atoms with Gasteiger partial charge in [0.2, 0.25) is 0 Å². The summed E-state index contributed by atoms with van der Waals surface area (Å²) in [6, 6.07) is 5.70. The van der Waals surface area contributed by atoms with Crippen LogP contribution in [0.2, 0.25) is 10.0 Å². The third-order valence-electron chi connectivity index (χ3n) is 2.47. The van der Waals surface area contributed by atoms with Gasteiger partial charge >= 0.3 is 0 Å². The molecule has 2 N–H and O–H groups in total. The minimum atomic E-state index is 0.0613. The van der Waals surface area contributed by atoms with Gasteiger partial charge in [-0.05, 0) is 30.4 Å². The van der Waals surface area contributed by atoms with Gasteiger partial charge in [-0.25, -0.2) is 0 Å². The smallest absolute Gasteiger partial charge is 0.0640 e. The Balaban J connectivity index is 2.32. The Labute approximate surface area is 87.8 Å². The zero-order valence-corrected chi connectivity index (χ0v) is 8.65. The van der Waals surface area contributed by atoms with Gasteiger partial charge in [0.15, 0.2) is 0 Å². The molecule has 0 heterocycles. The van der Waals surface area contributed by atoms with Gasteiger partial charge < -0.3 is 5.73 Å². The van der Waals surface area contributed by atoms with Crippen LogP contribution in [0.25, 0.3) is 0 Å². The first-order valence-electron chi connectivity index (χ1n) is 4.39. The molecule has 0 unspecified atom stereocenters. The van der Waals surface area contributed by atoms with Crippen molar-refractivity contribution in [3.8, 4) is 0 Å². The van der Waals surface area contributed by atoms with Crippen LogP contribution in [0.3, 0.4) is 0 Å². The summed E-state index contributed by atoms with van der Waals surface area (Å²) in [5.74, 6) is 0.607. The number of nitrogens with two attached hydrogens (primary N) is 1. The van der Waals surface area contributed by atoms with Gasteiger partial charge in [-0.1, -0.05) is 35.3 Å². The van der Waals surface area contributed by atoms with E-state index in [0.717, 1.165) is 5.56 Å². The van der Waals surface area contributed by atoms with Crippen molar-refractivity contribution in [1.82, 2.24) is 0 Å². The van der Waals surface area contributed by atoms with Crippen LogP contribution in [0.1, 0.15) is 24.4 Å². The van der Waals surface area contributed by atoms with E-state index in [1.54, 1.807) is 6.07 Å². The van der Waals surface area contributed by atoms with Crippen LogP contribution in [0.4, 0.5) is 0 Å². The van der Waals surface area contributed by atoms with E-state index < -0.39 is 0 Å². The van der Waals surface area contributed by atoms with Crippen LogP contribution in [0, 0.1) is 5.92 Å². The van der Waals surface area contributed by atoms with Crippen molar-refractivity contribution >= 4 is 23.2 Å². The van der Waals surface area contributed by atoms with Crippen molar-refractivity contribution in [2.75, 3.05) is 0 Å². The topological polar surface area (TPSA) is 26.0 Å². The number of halogens is 2. The van der Waals surface area contributed by atoms with Crippen molar-refractivity contribution in [2.24, 2.45) is 11.7 Å². The summed E-state index contributed by atoms with van der Waals surface area (Å²) in [7, 11) is 0. The SMILES string of the molecule is N[C@@H](c1cccc(Cl)c1Cl)C1CC1. The second-order valence-electron chi connectivity index (χ2n) is 3.51. The van der Waals surface area contributed by atoms with Crippen molar-refractivity contribution in [1.29, 1.82) is 0 Å². The van der Waals surface area contributed by atoms with Crippen molar-refractivity contribution in [2.45, 2.75) is 18.9 Å². The molecule has 1 aliphatic rings. The highest BCUT2D eigenvalue weighted by Crippen LogP contribution is 2.42. The summed E-state index contributed by atoms with van der Waals surface area (Å²) in [6.45, 7) is 0. The molecular formula is C10H11Cl2N. The standard InChI is InChI=1S/C10H11Cl2N/c11-8-3-1-2-7(9(8)12)10(13)6-4-5-6/h1-3,6,10H,4-5,13H2/t10-/m1/s1. The Hall–Kier alpha value is -0.240. The number of hydrogen-bond donors (Lipinski definition) is 1. The molecule has 0 spiro atoms. The zero-order valence-electron chi connectivity index (χ0n) is 7.13. The second kappa shape index (κ2) is 3.49. The molecule has 0 bridgehead atoms. The van der Waals surface area contributed by atoms with Crippen molar-refractivity contribution in [3.63, 3.8) is 0 Å². The molecule has 0 aliphatic heterocycles. The van der Waals surface area contributed by atoms with Crippen LogP contribution in [-0.4, -0.2) is 0 Å². The summed E-state index contributed by atoms with van der Waals surface area (Å²) in [5.41, 5.74) is 7.01. The third-order valence-corrected chi connectivity index (χ3v) is 3.30. The molecule has 1 nitrogen and oxygen atoms in total. The molecule has 0 amide bonds. The van der Waals surface area contributed by atoms with E-state index >= 15 is 0 Å². The van der Waals surface area contributed by atoms with E-state index in [4.69, 9.17) is 28.9 Å². The maximum Gasteiger partial charge on any atom is 0.0640 e. The largest absolute Gasteiger partial charge is 0.324 e. The first-order chi connectivity index (χ1) is 6.20. The molecule has 1 aliphatic carbocycles. The van der Waals surface area contributed by atoms with Gasteiger partial charge in [-0.3, -0.25) is 0 Å². The molecule has 1 aromatic carbocycles. The van der Waals surface area contributed by atoms with Gasteiger partial charge in [-0.2, -0.15) is 0 Å². The van der Waals surface area contributed by atoms with Gasteiger partial charge in [0.05, 0.1) is 10.0 Å². The highest BCUT2D eigenvalue weighted by atomic mass is 35.5. The Morgan fingerprint density at radius 1 is 1.31 bits per heavy atom. The third kappa shape index (κ3) is 1.83. The number of hydrogen-bond acceptors (Lipinski definition) is 1. The second-order valence-corrected chi connectivity index (χ2v) is 4.29. The fraction of sp³-hybridized carbons (Fsp3) is 0.400. The molecule has 1 aromatic rings. The molecular weight excluding hydrogens is 205 g/mol. The predicted octanol–water partition coefficient (Wildman–Crippen LogP) is 3.40. The summed E-state index contributed by atoms with van der Waals surface area (Å²) >= 11 is 11.9. The molecule has 1 atom stereocenters. The normalized spacial score (nSPS) is 18.7. The Morgan fingerprint density at radius 2 is 2.00 bits per heavy atom. The van der Waals surface area contributed by atoms with E-state index in [-0.39, 0.29) is 6.04 Å². The van der Waals surface area contributed by atoms with E-state index in [1.165, 1.54) is 12.8 Å². The molecule has 0 aromatic heterocycles. The zero-order chi connectivity index (χ0) is 9.42. The van der Waals surface area contributed by atoms with Gasteiger partial charge in [-0.15, -0.1) is 0 Å². The van der Waals surface area contributed by atoms with E-state index in [0.29, 0.717) is 16.0 Å². The Bertz CT molecular complexity index is 321. The van der Waals surface area contributed by atoms with Crippen LogP contribution in [0.15, 0.2) is 18.2 Å². The first-order valence-corrected chi connectivity index (χ1v) is 5.15. The lowest BCUT2D eigenvalue weighted by Crippen LogP contribution is -2.12. The molecule has 3 heteroatoms. The van der Waals surface area contributed by atoms with E-state index in [1.807, 2.05) is 12.1 Å². The number of rotatable bonds is 2. The van der Waals surface area contributed by atoms with Gasteiger partial charge in [0.25, 0.3) is 0 Å². The first kappa shape index (κ1) is 9.32. The molecule has 0 radical (unpaired) electrons. The van der Waals surface area contributed by atoms with Crippen LogP contribution in [-0.2, 0) is 0 Å². The highest BCUT2D eigenvalue weighted by Gasteiger charge is 2.30. The molecule has 70 valence electrons. The Morgan fingerprint density at radius 3 is 2.62 bits per heavy atom. The minimum absolute atomic E-state index is 0.0613. The minimum Gasteiger partial charge on any atom is -0.324 e. The predicted molar refractivity (Wildman–Crippen MR) is 56.1 cm³/mol. The summed E-state index contributed by atoms with van der Waals surface area (Å²) in [5, 5.41) is 1.21. The molecule has 2 rings (SSSR count). The Kier molecular flexibility index (Phi) is 2.50. The van der Waals surface area contributed by atoms with Gasteiger partial charge in [0.1, 0.15) is 0 Å². The van der Waals surface area contributed by atoms with Crippen LogP contribution >= 0.6 is 23.2 Å². The van der Waals surface area contributed by atoms with E-state index in [2.05, 4.69) is 0 Å². The number of benzene rings is 1. The van der Waals surface area contributed by atoms with Crippen LogP contribution in [0.5, 0.6) is 0 Å². The molecule has 13 heavy (non-hydrogen) atoms. The quantitative estimate of drug-likeness (QED) is 0.805.